The summed E-state index contributed by atoms with van der Waals surface area (Å²) in [6.45, 7) is 1.89. The number of benzene rings is 2. The highest BCUT2D eigenvalue weighted by atomic mass is 35.5. The van der Waals surface area contributed by atoms with Crippen LogP contribution in [0.4, 0.5) is 5.69 Å². The van der Waals surface area contributed by atoms with Gasteiger partial charge in [-0.1, -0.05) is 29.3 Å². The largest absolute Gasteiger partial charge is 0.394 e. The molecule has 0 saturated carbocycles. The first-order chi connectivity index (χ1) is 11.5. The van der Waals surface area contributed by atoms with Crippen molar-refractivity contribution in [2.24, 2.45) is 0 Å². The molecule has 4 rings (SSSR count). The lowest BCUT2D eigenvalue weighted by molar-refractivity contribution is 1.12. The van der Waals surface area contributed by atoms with Crippen LogP contribution < -0.4 is 11.3 Å². The summed E-state index contributed by atoms with van der Waals surface area (Å²) in [7, 11) is 0. The zero-order chi connectivity index (χ0) is 17.0. The van der Waals surface area contributed by atoms with E-state index in [2.05, 4.69) is 15.2 Å². The number of rotatable bonds is 1. The van der Waals surface area contributed by atoms with Gasteiger partial charge < -0.3 is 10.7 Å². The van der Waals surface area contributed by atoms with Gasteiger partial charge in [-0.05, 0) is 36.2 Å². The SMILES string of the molecule is Cc1cc(Cl)cc2c(-c3ccc(Cl)c4[nH]ncc34)c(N)c(=O)[nH]c12. The van der Waals surface area contributed by atoms with Gasteiger partial charge in [-0.15, -0.1) is 0 Å². The predicted octanol–water partition coefficient (Wildman–Crippen LogP) is 4.27. The van der Waals surface area contributed by atoms with Crippen LogP contribution in [0.3, 0.4) is 0 Å². The molecule has 0 aliphatic heterocycles. The quantitative estimate of drug-likeness (QED) is 0.474. The minimum absolute atomic E-state index is 0.133. The number of H-pyrrole nitrogens is 2. The van der Waals surface area contributed by atoms with Gasteiger partial charge in [-0.3, -0.25) is 9.89 Å². The van der Waals surface area contributed by atoms with Crippen molar-refractivity contribution in [3.05, 3.63) is 56.4 Å². The van der Waals surface area contributed by atoms with Crippen LogP contribution in [-0.2, 0) is 0 Å². The molecule has 4 N–H and O–H groups in total. The summed E-state index contributed by atoms with van der Waals surface area (Å²) in [5, 5.41) is 9.61. The van der Waals surface area contributed by atoms with Crippen LogP contribution in [0.2, 0.25) is 10.0 Å². The van der Waals surface area contributed by atoms with Crippen LogP contribution >= 0.6 is 23.2 Å². The first-order valence-corrected chi connectivity index (χ1v) is 7.96. The molecule has 0 unspecified atom stereocenters. The number of halogens is 2. The molecule has 2 aromatic heterocycles. The summed E-state index contributed by atoms with van der Waals surface area (Å²) in [5.74, 6) is 0. The predicted molar refractivity (Wildman–Crippen MR) is 98.8 cm³/mol. The molecule has 4 aromatic rings. The molecule has 0 aliphatic rings. The Kier molecular flexibility index (Phi) is 3.30. The maximum absolute atomic E-state index is 12.3. The molecule has 2 heterocycles. The molecule has 7 heteroatoms. The van der Waals surface area contributed by atoms with Gasteiger partial charge >= 0.3 is 0 Å². The second-order valence-electron chi connectivity index (χ2n) is 5.64. The van der Waals surface area contributed by atoms with E-state index in [0.29, 0.717) is 26.6 Å². The molecule has 24 heavy (non-hydrogen) atoms. The molecule has 0 saturated heterocycles. The Morgan fingerprint density at radius 1 is 1.12 bits per heavy atom. The first-order valence-electron chi connectivity index (χ1n) is 7.21. The van der Waals surface area contributed by atoms with Crippen molar-refractivity contribution < 1.29 is 0 Å². The Hall–Kier alpha value is -2.50. The van der Waals surface area contributed by atoms with E-state index in [0.717, 1.165) is 21.9 Å². The van der Waals surface area contributed by atoms with E-state index in [1.807, 2.05) is 13.0 Å². The van der Waals surface area contributed by atoms with Crippen molar-refractivity contribution in [3.63, 3.8) is 0 Å². The first kappa shape index (κ1) is 15.1. The number of aromatic amines is 2. The molecule has 0 fully saturated rings. The zero-order valence-corrected chi connectivity index (χ0v) is 14.1. The highest BCUT2D eigenvalue weighted by molar-refractivity contribution is 6.35. The van der Waals surface area contributed by atoms with Crippen LogP contribution in [0.1, 0.15) is 5.56 Å². The van der Waals surface area contributed by atoms with Gasteiger partial charge in [0.2, 0.25) is 0 Å². The van der Waals surface area contributed by atoms with Gasteiger partial charge in [0, 0.05) is 21.4 Å². The van der Waals surface area contributed by atoms with E-state index in [-0.39, 0.29) is 11.2 Å². The van der Waals surface area contributed by atoms with Crippen molar-refractivity contribution >= 4 is 50.7 Å². The molecular weight excluding hydrogens is 347 g/mol. The number of hydrogen-bond donors (Lipinski definition) is 3. The average Bonchev–Trinajstić information content (AvgIpc) is 3.02. The maximum Gasteiger partial charge on any atom is 0.272 e. The van der Waals surface area contributed by atoms with Crippen LogP contribution in [0.25, 0.3) is 32.9 Å². The number of nitrogens with two attached hydrogens (primary N) is 1. The normalized spacial score (nSPS) is 11.5. The molecule has 2 aromatic carbocycles. The average molecular weight is 359 g/mol. The van der Waals surface area contributed by atoms with E-state index in [1.165, 1.54) is 0 Å². The van der Waals surface area contributed by atoms with Gasteiger partial charge in [0.1, 0.15) is 5.69 Å². The highest BCUT2D eigenvalue weighted by Crippen LogP contribution is 2.38. The third-order valence-electron chi connectivity index (χ3n) is 4.16. The van der Waals surface area contributed by atoms with Crippen LogP contribution in [0.5, 0.6) is 0 Å². The molecule has 0 atom stereocenters. The molecule has 0 spiro atoms. The van der Waals surface area contributed by atoms with Crippen molar-refractivity contribution in [3.8, 4) is 11.1 Å². The summed E-state index contributed by atoms with van der Waals surface area (Å²) in [6.07, 6.45) is 1.67. The van der Waals surface area contributed by atoms with E-state index in [9.17, 15) is 4.79 Å². The van der Waals surface area contributed by atoms with Crippen LogP contribution in [0.15, 0.2) is 35.3 Å². The van der Waals surface area contributed by atoms with Gasteiger partial charge in [0.15, 0.2) is 0 Å². The van der Waals surface area contributed by atoms with Gasteiger partial charge in [-0.25, -0.2) is 0 Å². The Morgan fingerprint density at radius 2 is 1.92 bits per heavy atom. The van der Waals surface area contributed by atoms with Gasteiger partial charge in [0.05, 0.1) is 22.3 Å². The number of fused-ring (bicyclic) bond motifs is 2. The number of nitrogens with one attached hydrogen (secondary N) is 2. The fourth-order valence-corrected chi connectivity index (χ4v) is 3.54. The van der Waals surface area contributed by atoms with Crippen LogP contribution in [0, 0.1) is 6.92 Å². The second kappa shape index (κ2) is 5.26. The summed E-state index contributed by atoms with van der Waals surface area (Å²) >= 11 is 12.4. The van der Waals surface area contributed by atoms with Crippen molar-refractivity contribution in [1.82, 2.24) is 15.2 Å². The fourth-order valence-electron chi connectivity index (χ4n) is 3.06. The lowest BCUT2D eigenvalue weighted by Crippen LogP contribution is -2.14. The van der Waals surface area contributed by atoms with E-state index in [1.54, 1.807) is 24.4 Å². The number of pyridine rings is 1. The summed E-state index contributed by atoms with van der Waals surface area (Å²) in [6, 6.07) is 7.18. The Balaban J connectivity index is 2.24. The van der Waals surface area contributed by atoms with Crippen molar-refractivity contribution in [2.75, 3.05) is 5.73 Å². The third kappa shape index (κ3) is 2.09. The number of aromatic nitrogens is 3. The molecule has 0 radical (unpaired) electrons. The standard InChI is InChI=1S/C17H12Cl2N4O/c1-7-4-8(18)5-10-13(14(20)17(24)22-15(7)10)9-2-3-12(19)16-11(9)6-21-23-16/h2-6H,20H2,1H3,(H,21,23)(H,22,24). The third-order valence-corrected chi connectivity index (χ3v) is 4.69. The van der Waals surface area contributed by atoms with E-state index in [4.69, 9.17) is 28.9 Å². The topological polar surface area (TPSA) is 87.6 Å². The number of anilines is 1. The Bertz CT molecular complexity index is 1180. The monoisotopic (exact) mass is 358 g/mol. The van der Waals surface area contributed by atoms with Gasteiger partial charge in [0.25, 0.3) is 5.56 Å². The smallest absolute Gasteiger partial charge is 0.272 e. The Labute approximate surface area is 146 Å². The second-order valence-corrected chi connectivity index (χ2v) is 6.49. The molecule has 0 bridgehead atoms. The molecule has 5 nitrogen and oxygen atoms in total. The maximum atomic E-state index is 12.3. The Morgan fingerprint density at radius 3 is 2.71 bits per heavy atom. The summed E-state index contributed by atoms with van der Waals surface area (Å²) in [4.78, 5) is 15.2. The zero-order valence-electron chi connectivity index (χ0n) is 12.6. The highest BCUT2D eigenvalue weighted by Gasteiger charge is 2.17. The molecule has 0 aliphatic carbocycles. The number of nitrogens with zero attached hydrogens (tertiary/aromatic N) is 1. The minimum Gasteiger partial charge on any atom is -0.394 e. The summed E-state index contributed by atoms with van der Waals surface area (Å²) < 4.78 is 0. The van der Waals surface area contributed by atoms with Crippen molar-refractivity contribution in [2.45, 2.75) is 6.92 Å². The van der Waals surface area contributed by atoms with Crippen LogP contribution in [-0.4, -0.2) is 15.2 Å². The lowest BCUT2D eigenvalue weighted by atomic mass is 9.95. The number of hydrogen-bond acceptors (Lipinski definition) is 3. The minimum atomic E-state index is -0.338. The van der Waals surface area contributed by atoms with Gasteiger partial charge in [-0.2, -0.15) is 5.10 Å². The fraction of sp³-hybridized carbons (Fsp3) is 0.0588. The van der Waals surface area contributed by atoms with Crippen molar-refractivity contribution in [1.29, 1.82) is 0 Å². The molecular formula is C17H12Cl2N4O. The molecule has 0 amide bonds. The van der Waals surface area contributed by atoms with E-state index < -0.39 is 0 Å². The lowest BCUT2D eigenvalue weighted by Gasteiger charge is -2.13. The number of aryl methyl sites for hydroxylation is 1. The number of nitrogen functional groups attached to an aromatic ring is 1. The van der Waals surface area contributed by atoms with E-state index >= 15 is 0 Å². The molecule has 120 valence electrons. The summed E-state index contributed by atoms with van der Waals surface area (Å²) in [5.41, 5.74) is 9.60.